The number of hydrogen-bond donors (Lipinski definition) is 3. The normalized spacial score (nSPS) is 7.57. The molecule has 0 saturated heterocycles. The summed E-state index contributed by atoms with van der Waals surface area (Å²) in [6.45, 7) is 7.24. The average Bonchev–Trinajstić information content (AvgIpc) is 2.06. The number of carbonyl (C=O) groups excluding carboxylic acids is 2. The van der Waals surface area contributed by atoms with Crippen LogP contribution in [0.3, 0.4) is 0 Å². The Kier molecular flexibility index (Phi) is 22.4. The molecular formula is C9H19N3O2. The van der Waals surface area contributed by atoms with Crippen molar-refractivity contribution in [1.82, 2.24) is 0 Å². The lowest BCUT2D eigenvalue weighted by Gasteiger charge is -1.65. The Morgan fingerprint density at radius 1 is 1.29 bits per heavy atom. The molecule has 0 aromatic carbocycles. The van der Waals surface area contributed by atoms with Crippen molar-refractivity contribution in [2.45, 2.75) is 20.3 Å². The summed E-state index contributed by atoms with van der Waals surface area (Å²) in [5, 5.41) is 0. The minimum absolute atomic E-state index is 0.481. The van der Waals surface area contributed by atoms with Gasteiger partial charge >= 0.3 is 6.03 Å². The fraction of sp³-hybridized carbons (Fsp3) is 0.333. The average molecular weight is 201 g/mol. The first-order valence-electron chi connectivity index (χ1n) is 4.00. The van der Waals surface area contributed by atoms with Crippen molar-refractivity contribution in [1.29, 1.82) is 0 Å². The van der Waals surface area contributed by atoms with E-state index in [0.717, 1.165) is 12.5 Å². The van der Waals surface area contributed by atoms with Crippen molar-refractivity contribution >= 4 is 11.9 Å². The molecule has 5 heteroatoms. The van der Waals surface area contributed by atoms with Gasteiger partial charge in [0.15, 0.2) is 0 Å². The van der Waals surface area contributed by atoms with Crippen LogP contribution in [0.1, 0.15) is 20.3 Å². The lowest BCUT2D eigenvalue weighted by atomic mass is 10.4. The first-order chi connectivity index (χ1) is 6.42. The number of nitrogens with two attached hydrogens (primary N) is 3. The Labute approximate surface area is 84.6 Å². The van der Waals surface area contributed by atoms with E-state index < -0.39 is 11.9 Å². The maximum atomic E-state index is 9.47. The van der Waals surface area contributed by atoms with E-state index >= 15 is 0 Å². The van der Waals surface area contributed by atoms with Crippen LogP contribution in [0.2, 0.25) is 0 Å². The molecule has 0 atom stereocenters. The molecule has 0 radical (unpaired) electrons. The third kappa shape index (κ3) is 176. The van der Waals surface area contributed by atoms with E-state index in [1.54, 1.807) is 0 Å². The summed E-state index contributed by atoms with van der Waals surface area (Å²) in [7, 11) is 0. The third-order valence-corrected chi connectivity index (χ3v) is 0.673. The summed E-state index contributed by atoms with van der Waals surface area (Å²) < 4.78 is 0. The van der Waals surface area contributed by atoms with Crippen molar-refractivity contribution < 1.29 is 9.59 Å². The second-order valence-electron chi connectivity index (χ2n) is 1.99. The summed E-state index contributed by atoms with van der Waals surface area (Å²) in [4.78, 5) is 18.5. The van der Waals surface area contributed by atoms with Gasteiger partial charge in [-0.3, -0.25) is 4.79 Å². The number of hydrogen-bond acceptors (Lipinski definition) is 2. The molecular weight excluding hydrogens is 182 g/mol. The number of rotatable bonds is 2. The van der Waals surface area contributed by atoms with Gasteiger partial charge in [0, 0.05) is 0 Å². The van der Waals surface area contributed by atoms with Gasteiger partial charge in [0.1, 0.15) is 0 Å². The second-order valence-corrected chi connectivity index (χ2v) is 1.99. The van der Waals surface area contributed by atoms with Crippen LogP contribution in [-0.4, -0.2) is 11.9 Å². The quantitative estimate of drug-likeness (QED) is 0.450. The molecule has 5 nitrogen and oxygen atoms in total. The van der Waals surface area contributed by atoms with Crippen LogP contribution in [0.25, 0.3) is 0 Å². The first kappa shape index (κ1) is 18.1. The third-order valence-electron chi connectivity index (χ3n) is 0.673. The lowest BCUT2D eigenvalue weighted by Crippen LogP contribution is -2.18. The Hall–Kier alpha value is -1.78. The second kappa shape index (κ2) is 17.3. The number of primary amides is 3. The van der Waals surface area contributed by atoms with E-state index in [4.69, 9.17) is 4.79 Å². The summed E-state index contributed by atoms with van der Waals surface area (Å²) >= 11 is 0. The molecule has 3 amide bonds. The maximum absolute atomic E-state index is 9.47. The highest BCUT2D eigenvalue weighted by atomic mass is 16.2. The topological polar surface area (TPSA) is 112 Å². The zero-order chi connectivity index (χ0) is 12.0. The van der Waals surface area contributed by atoms with E-state index in [0.29, 0.717) is 0 Å². The van der Waals surface area contributed by atoms with E-state index in [-0.39, 0.29) is 0 Å². The smallest absolute Gasteiger partial charge is 0.309 e. The Balaban J connectivity index is -0.000000131. The summed E-state index contributed by atoms with van der Waals surface area (Å²) in [6.07, 6.45) is 6.40. The largest absolute Gasteiger partial charge is 0.366 e. The van der Waals surface area contributed by atoms with Crippen molar-refractivity contribution in [3.8, 4) is 0 Å². The summed E-state index contributed by atoms with van der Waals surface area (Å²) in [5.41, 5.74) is 13.0. The predicted molar refractivity (Wildman–Crippen MR) is 58.3 cm³/mol. The minimum atomic E-state index is -0.833. The molecule has 0 aliphatic heterocycles. The number of carbonyl (C=O) groups is 2. The van der Waals surface area contributed by atoms with Crippen molar-refractivity contribution in [3.63, 3.8) is 0 Å². The van der Waals surface area contributed by atoms with Crippen LogP contribution in [-0.2, 0) is 4.79 Å². The highest BCUT2D eigenvalue weighted by molar-refractivity contribution is 5.84. The predicted octanol–water partition coefficient (Wildman–Crippen LogP) is 0.654. The molecule has 0 heterocycles. The zero-order valence-electron chi connectivity index (χ0n) is 8.69. The SMILES string of the molecule is C=CC(N)=O.CC=CCC.NC(N)=O. The molecule has 6 N–H and O–H groups in total. The van der Waals surface area contributed by atoms with Crippen LogP contribution < -0.4 is 17.2 Å². The molecule has 0 aliphatic carbocycles. The molecule has 0 fully saturated rings. The van der Waals surface area contributed by atoms with Gasteiger partial charge in [0.2, 0.25) is 5.91 Å². The van der Waals surface area contributed by atoms with Crippen LogP contribution in [0.5, 0.6) is 0 Å². The fourth-order valence-electron chi connectivity index (χ4n) is 0.236. The van der Waals surface area contributed by atoms with Crippen LogP contribution in [0, 0.1) is 0 Å². The molecule has 0 bridgehead atoms. The van der Waals surface area contributed by atoms with E-state index in [1.807, 2.05) is 6.92 Å². The van der Waals surface area contributed by atoms with Crippen molar-refractivity contribution in [2.24, 2.45) is 17.2 Å². The molecule has 0 aromatic rings. The first-order valence-corrected chi connectivity index (χ1v) is 4.00. The summed E-state index contributed by atoms with van der Waals surface area (Å²) in [5.74, 6) is -0.481. The van der Waals surface area contributed by atoms with E-state index in [9.17, 15) is 4.79 Å². The van der Waals surface area contributed by atoms with Gasteiger partial charge in [-0.2, -0.15) is 0 Å². The van der Waals surface area contributed by atoms with Crippen LogP contribution in [0.15, 0.2) is 24.8 Å². The molecule has 14 heavy (non-hydrogen) atoms. The molecule has 0 aliphatic rings. The zero-order valence-corrected chi connectivity index (χ0v) is 8.69. The van der Waals surface area contributed by atoms with Gasteiger partial charge < -0.3 is 17.2 Å². The fourth-order valence-corrected chi connectivity index (χ4v) is 0.236. The van der Waals surface area contributed by atoms with Crippen LogP contribution >= 0.6 is 0 Å². The van der Waals surface area contributed by atoms with Gasteiger partial charge in [0.05, 0.1) is 0 Å². The Morgan fingerprint density at radius 3 is 1.57 bits per heavy atom. The highest BCUT2D eigenvalue weighted by Crippen LogP contribution is 1.73. The van der Waals surface area contributed by atoms with Gasteiger partial charge in [0.25, 0.3) is 0 Å². The molecule has 0 spiro atoms. The van der Waals surface area contributed by atoms with E-state index in [2.05, 4.69) is 42.9 Å². The minimum Gasteiger partial charge on any atom is -0.366 e. The van der Waals surface area contributed by atoms with Gasteiger partial charge in [-0.25, -0.2) is 4.79 Å². The van der Waals surface area contributed by atoms with Crippen molar-refractivity contribution in [2.75, 3.05) is 0 Å². The molecule has 0 rings (SSSR count). The van der Waals surface area contributed by atoms with Gasteiger partial charge in [-0.1, -0.05) is 25.7 Å². The molecule has 0 aromatic heterocycles. The number of amides is 3. The molecule has 0 saturated carbocycles. The highest BCUT2D eigenvalue weighted by Gasteiger charge is 1.69. The van der Waals surface area contributed by atoms with Gasteiger partial charge in [-0.15, -0.1) is 0 Å². The Bertz CT molecular complexity index is 184. The lowest BCUT2D eigenvalue weighted by molar-refractivity contribution is -0.113. The summed E-state index contributed by atoms with van der Waals surface area (Å²) in [6, 6.07) is -0.833. The van der Waals surface area contributed by atoms with E-state index in [1.165, 1.54) is 0 Å². The van der Waals surface area contributed by atoms with Crippen molar-refractivity contribution in [3.05, 3.63) is 24.8 Å². The van der Waals surface area contributed by atoms with Crippen LogP contribution in [0.4, 0.5) is 4.79 Å². The molecule has 0 unspecified atom stereocenters. The maximum Gasteiger partial charge on any atom is 0.309 e. The molecule has 82 valence electrons. The number of allylic oxidation sites excluding steroid dienone is 2. The Morgan fingerprint density at radius 2 is 1.57 bits per heavy atom. The number of urea groups is 1. The standard InChI is InChI=1S/C5H10.C3H5NO.CH4N2O/c1-3-5-4-2;1-2-3(4)5;2-1(3)4/h3,5H,4H2,1-2H3;2H,1H2,(H2,4,5);(H4,2,3,4). The van der Waals surface area contributed by atoms with Gasteiger partial charge in [-0.05, 0) is 19.4 Å². The monoisotopic (exact) mass is 201 g/mol.